The second-order valence-corrected chi connectivity index (χ2v) is 20.6. The van der Waals surface area contributed by atoms with E-state index in [2.05, 4.69) is 93.7 Å². The molecule has 0 aromatic rings. The van der Waals surface area contributed by atoms with E-state index in [1.807, 2.05) is 0 Å². The minimum Gasteiger partial charge on any atom is -0.462 e. The highest BCUT2D eigenvalue weighted by molar-refractivity contribution is 5.71. The zero-order valence-corrected chi connectivity index (χ0v) is 47.7. The van der Waals surface area contributed by atoms with Crippen LogP contribution in [0.3, 0.4) is 0 Å². The fourth-order valence-corrected chi connectivity index (χ4v) is 8.82. The number of allylic oxidation sites excluding steroid dienone is 12. The summed E-state index contributed by atoms with van der Waals surface area (Å²) in [7, 11) is 0. The average molecular weight is 1010 g/mol. The summed E-state index contributed by atoms with van der Waals surface area (Å²) in [6.07, 6.45) is 78.2. The second kappa shape index (κ2) is 60.4. The Morgan fingerprint density at radius 3 is 0.875 bits per heavy atom. The summed E-state index contributed by atoms with van der Waals surface area (Å²) in [6, 6.07) is 0. The number of carbonyl (C=O) groups is 3. The summed E-state index contributed by atoms with van der Waals surface area (Å²) in [5.41, 5.74) is 0. The van der Waals surface area contributed by atoms with Gasteiger partial charge in [0.1, 0.15) is 13.2 Å². The number of ether oxygens (including phenoxy) is 3. The molecular weight excluding hydrogens is 889 g/mol. The van der Waals surface area contributed by atoms with Crippen molar-refractivity contribution in [2.75, 3.05) is 13.2 Å². The fourth-order valence-electron chi connectivity index (χ4n) is 8.82. The molecular formula is C66H116O6. The Kier molecular flexibility index (Phi) is 57.8. The van der Waals surface area contributed by atoms with Crippen LogP contribution in [0.5, 0.6) is 0 Å². The molecule has 0 aliphatic rings. The molecule has 1 atom stereocenters. The number of rotatable bonds is 56. The van der Waals surface area contributed by atoms with Gasteiger partial charge in [-0.1, -0.05) is 273 Å². The lowest BCUT2D eigenvalue weighted by Gasteiger charge is -2.18. The molecule has 0 spiro atoms. The molecule has 0 amide bonds. The molecule has 1 unspecified atom stereocenters. The van der Waals surface area contributed by atoms with Crippen molar-refractivity contribution in [2.45, 2.75) is 316 Å². The lowest BCUT2D eigenvalue weighted by Crippen LogP contribution is -2.30. The Labute approximate surface area is 446 Å². The van der Waals surface area contributed by atoms with E-state index in [-0.39, 0.29) is 31.1 Å². The topological polar surface area (TPSA) is 78.9 Å². The number of hydrogen-bond donors (Lipinski definition) is 0. The average Bonchev–Trinajstić information content (AvgIpc) is 3.38. The third-order valence-corrected chi connectivity index (χ3v) is 13.4. The van der Waals surface area contributed by atoms with Crippen molar-refractivity contribution in [3.05, 3.63) is 72.9 Å². The largest absolute Gasteiger partial charge is 0.462 e. The van der Waals surface area contributed by atoms with Crippen LogP contribution in [0.15, 0.2) is 72.9 Å². The van der Waals surface area contributed by atoms with E-state index in [1.54, 1.807) is 0 Å². The van der Waals surface area contributed by atoms with E-state index in [4.69, 9.17) is 14.2 Å². The van der Waals surface area contributed by atoms with Crippen molar-refractivity contribution < 1.29 is 28.6 Å². The summed E-state index contributed by atoms with van der Waals surface area (Å²) in [5.74, 6) is -0.882. The van der Waals surface area contributed by atoms with Crippen LogP contribution in [0.2, 0.25) is 0 Å². The van der Waals surface area contributed by atoms with Crippen LogP contribution < -0.4 is 0 Å². The number of esters is 3. The monoisotopic (exact) mass is 1000 g/mol. The third-order valence-electron chi connectivity index (χ3n) is 13.4. The molecule has 6 nitrogen and oxygen atoms in total. The van der Waals surface area contributed by atoms with E-state index >= 15 is 0 Å². The zero-order chi connectivity index (χ0) is 52.2. The highest BCUT2D eigenvalue weighted by Gasteiger charge is 2.19. The minimum absolute atomic E-state index is 0.0741. The number of unbranched alkanes of at least 4 members (excludes halogenated alkanes) is 33. The van der Waals surface area contributed by atoms with Crippen molar-refractivity contribution in [3.8, 4) is 0 Å². The molecule has 0 rings (SSSR count). The quantitative estimate of drug-likeness (QED) is 0.0261. The van der Waals surface area contributed by atoms with Crippen molar-refractivity contribution in [1.82, 2.24) is 0 Å². The van der Waals surface area contributed by atoms with Crippen molar-refractivity contribution in [3.63, 3.8) is 0 Å². The van der Waals surface area contributed by atoms with Gasteiger partial charge in [-0.3, -0.25) is 14.4 Å². The van der Waals surface area contributed by atoms with Gasteiger partial charge in [0.25, 0.3) is 0 Å². The van der Waals surface area contributed by atoms with Crippen LogP contribution in [0.25, 0.3) is 0 Å². The van der Waals surface area contributed by atoms with E-state index in [1.165, 1.54) is 173 Å². The number of hydrogen-bond acceptors (Lipinski definition) is 6. The smallest absolute Gasteiger partial charge is 0.306 e. The maximum absolute atomic E-state index is 12.8. The van der Waals surface area contributed by atoms with Gasteiger partial charge in [0, 0.05) is 19.3 Å². The summed E-state index contributed by atoms with van der Waals surface area (Å²) >= 11 is 0. The van der Waals surface area contributed by atoms with Gasteiger partial charge in [0.15, 0.2) is 6.10 Å². The predicted octanol–water partition coefficient (Wildman–Crippen LogP) is 20.9. The maximum atomic E-state index is 12.8. The van der Waals surface area contributed by atoms with Gasteiger partial charge in [-0.25, -0.2) is 0 Å². The Morgan fingerprint density at radius 1 is 0.292 bits per heavy atom. The Morgan fingerprint density at radius 2 is 0.542 bits per heavy atom. The SMILES string of the molecule is CC/C=C\C/C=C\C/C=C\C/C=C\C/C=C\CCCCCCCCCCCCCCCCCCCCCC(=O)OCC(COC(=O)CCCCCCCC)OC(=O)CCCCCCC/C=C\CCCCCC. The van der Waals surface area contributed by atoms with Gasteiger partial charge < -0.3 is 14.2 Å². The number of carbonyl (C=O) groups excluding carboxylic acids is 3. The van der Waals surface area contributed by atoms with E-state index in [9.17, 15) is 14.4 Å². The van der Waals surface area contributed by atoms with E-state index in [0.29, 0.717) is 19.3 Å². The third kappa shape index (κ3) is 57.7. The van der Waals surface area contributed by atoms with Crippen molar-refractivity contribution >= 4 is 17.9 Å². The van der Waals surface area contributed by atoms with Gasteiger partial charge in [0.05, 0.1) is 0 Å². The van der Waals surface area contributed by atoms with Gasteiger partial charge in [0.2, 0.25) is 0 Å². The standard InChI is InChI=1S/C66H116O6/c1-4-7-10-13-16-18-20-22-23-24-25-26-27-28-29-30-31-32-33-34-35-36-37-38-39-40-41-42-43-45-46-48-50-53-56-59-65(68)71-62-63(61-70-64(67)58-55-52-15-12-9-6-3)72-66(69)60-57-54-51-49-47-44-21-19-17-14-11-8-5-2/h7,10,16,18-19,21-23,25-26,28-29,63H,4-6,8-9,11-15,17,20,24,27,30-62H2,1-3H3/b10-7-,18-16-,21-19-,23-22-,26-25-,29-28-. The molecule has 6 heteroatoms. The first-order valence-corrected chi connectivity index (χ1v) is 30.9. The molecule has 0 heterocycles. The summed E-state index contributed by atoms with van der Waals surface area (Å²) in [4.78, 5) is 37.8. The first-order valence-electron chi connectivity index (χ1n) is 30.9. The van der Waals surface area contributed by atoms with Gasteiger partial charge >= 0.3 is 17.9 Å². The van der Waals surface area contributed by atoms with Crippen molar-refractivity contribution in [2.24, 2.45) is 0 Å². The normalized spacial score (nSPS) is 12.5. The summed E-state index contributed by atoms with van der Waals surface area (Å²) < 4.78 is 16.7. The molecule has 0 aliphatic carbocycles. The molecule has 0 bridgehead atoms. The molecule has 0 saturated heterocycles. The Balaban J connectivity index is 3.91. The van der Waals surface area contributed by atoms with Crippen LogP contribution in [0.1, 0.15) is 310 Å². The second-order valence-electron chi connectivity index (χ2n) is 20.6. The van der Waals surface area contributed by atoms with Gasteiger partial charge in [-0.2, -0.15) is 0 Å². The maximum Gasteiger partial charge on any atom is 0.306 e. The van der Waals surface area contributed by atoms with Crippen molar-refractivity contribution in [1.29, 1.82) is 0 Å². The molecule has 0 fully saturated rings. The lowest BCUT2D eigenvalue weighted by molar-refractivity contribution is -0.167. The molecule has 0 N–H and O–H groups in total. The Bertz CT molecular complexity index is 1340. The first-order chi connectivity index (χ1) is 35.5. The molecule has 0 saturated carbocycles. The molecule has 0 radical (unpaired) electrons. The zero-order valence-electron chi connectivity index (χ0n) is 47.7. The highest BCUT2D eigenvalue weighted by Crippen LogP contribution is 2.17. The molecule has 0 aromatic carbocycles. The molecule has 72 heavy (non-hydrogen) atoms. The van der Waals surface area contributed by atoms with Crippen LogP contribution >= 0.6 is 0 Å². The summed E-state index contributed by atoms with van der Waals surface area (Å²) in [5, 5.41) is 0. The van der Waals surface area contributed by atoms with Crippen LogP contribution in [-0.4, -0.2) is 37.2 Å². The highest BCUT2D eigenvalue weighted by atomic mass is 16.6. The van der Waals surface area contributed by atoms with E-state index < -0.39 is 6.10 Å². The van der Waals surface area contributed by atoms with E-state index in [0.717, 1.165) is 96.3 Å². The lowest BCUT2D eigenvalue weighted by atomic mass is 10.0. The van der Waals surface area contributed by atoms with Gasteiger partial charge in [-0.15, -0.1) is 0 Å². The van der Waals surface area contributed by atoms with Crippen LogP contribution in [0, 0.1) is 0 Å². The van der Waals surface area contributed by atoms with Crippen LogP contribution in [-0.2, 0) is 28.6 Å². The molecule has 0 aliphatic heterocycles. The first kappa shape index (κ1) is 68.8. The molecule has 416 valence electrons. The fraction of sp³-hybridized carbons (Fsp3) is 0.773. The Hall–Kier alpha value is -3.15. The molecule has 0 aromatic heterocycles. The summed E-state index contributed by atoms with van der Waals surface area (Å²) in [6.45, 7) is 6.46. The van der Waals surface area contributed by atoms with Crippen LogP contribution in [0.4, 0.5) is 0 Å². The minimum atomic E-state index is -0.772. The van der Waals surface area contributed by atoms with Gasteiger partial charge in [-0.05, 0) is 89.9 Å². The predicted molar refractivity (Wildman–Crippen MR) is 311 cm³/mol.